The maximum atomic E-state index is 13.2. The highest BCUT2D eigenvalue weighted by Gasteiger charge is 2.22. The molecular formula is C14H13BrClFN2O3S. The van der Waals surface area contributed by atoms with Crippen LogP contribution in [0.1, 0.15) is 12.5 Å². The number of nitrogens with one attached hydrogen (secondary N) is 1. The first-order chi connectivity index (χ1) is 10.8. The summed E-state index contributed by atoms with van der Waals surface area (Å²) in [6.07, 6.45) is 1.55. The van der Waals surface area contributed by atoms with E-state index in [1.165, 1.54) is 0 Å². The number of aromatic nitrogens is 1. The van der Waals surface area contributed by atoms with E-state index < -0.39 is 15.8 Å². The Morgan fingerprint density at radius 2 is 2.17 bits per heavy atom. The van der Waals surface area contributed by atoms with E-state index in [4.69, 9.17) is 16.3 Å². The maximum Gasteiger partial charge on any atom is 0.243 e. The van der Waals surface area contributed by atoms with Gasteiger partial charge >= 0.3 is 0 Å². The van der Waals surface area contributed by atoms with Crippen LogP contribution < -0.4 is 9.46 Å². The summed E-state index contributed by atoms with van der Waals surface area (Å²) in [5, 5.41) is -0.208. The Morgan fingerprint density at radius 1 is 1.43 bits per heavy atom. The molecule has 0 saturated carbocycles. The van der Waals surface area contributed by atoms with E-state index in [9.17, 15) is 12.8 Å². The normalized spacial score (nSPS) is 11.5. The quantitative estimate of drug-likeness (QED) is 0.772. The molecule has 1 N–H and O–H groups in total. The Balaban J connectivity index is 2.27. The van der Waals surface area contributed by atoms with E-state index >= 15 is 0 Å². The Morgan fingerprint density at radius 3 is 2.83 bits per heavy atom. The predicted molar refractivity (Wildman–Crippen MR) is 88.5 cm³/mol. The lowest BCUT2D eigenvalue weighted by Gasteiger charge is -2.12. The Labute approximate surface area is 147 Å². The van der Waals surface area contributed by atoms with E-state index in [0.29, 0.717) is 18.1 Å². The summed E-state index contributed by atoms with van der Waals surface area (Å²) in [5.41, 5.74) is 0.576. The second kappa shape index (κ2) is 7.57. The second-order valence-electron chi connectivity index (χ2n) is 4.42. The van der Waals surface area contributed by atoms with Crippen molar-refractivity contribution in [2.24, 2.45) is 0 Å². The van der Waals surface area contributed by atoms with Gasteiger partial charge in [0.15, 0.2) is 0 Å². The summed E-state index contributed by atoms with van der Waals surface area (Å²) >= 11 is 8.87. The molecular weight excluding hydrogens is 411 g/mol. The molecule has 0 radical (unpaired) electrons. The third-order valence-corrected chi connectivity index (χ3v) is 5.62. The molecule has 9 heteroatoms. The van der Waals surface area contributed by atoms with Crippen molar-refractivity contribution in [2.75, 3.05) is 6.61 Å². The molecule has 0 bridgehead atoms. The number of ether oxygens (including phenoxy) is 1. The van der Waals surface area contributed by atoms with Crippen molar-refractivity contribution in [1.82, 2.24) is 9.71 Å². The molecule has 0 aliphatic carbocycles. The molecule has 0 spiro atoms. The van der Waals surface area contributed by atoms with Crippen molar-refractivity contribution in [1.29, 1.82) is 0 Å². The fourth-order valence-electron chi connectivity index (χ4n) is 1.86. The van der Waals surface area contributed by atoms with Crippen molar-refractivity contribution >= 4 is 37.6 Å². The number of benzene rings is 1. The molecule has 1 aromatic carbocycles. The number of sulfonamides is 1. The van der Waals surface area contributed by atoms with Gasteiger partial charge < -0.3 is 4.74 Å². The molecule has 124 valence electrons. The zero-order valence-electron chi connectivity index (χ0n) is 12.0. The Kier molecular flexibility index (Phi) is 5.96. The van der Waals surface area contributed by atoms with Gasteiger partial charge in [-0.1, -0.05) is 17.7 Å². The van der Waals surface area contributed by atoms with Gasteiger partial charge in [-0.05, 0) is 41.1 Å². The molecule has 0 aliphatic heterocycles. The minimum Gasteiger partial charge on any atom is -0.478 e. The largest absolute Gasteiger partial charge is 0.478 e. The molecule has 1 heterocycles. The van der Waals surface area contributed by atoms with Gasteiger partial charge in [-0.15, -0.1) is 0 Å². The first-order valence-corrected chi connectivity index (χ1v) is 9.21. The van der Waals surface area contributed by atoms with E-state index in [2.05, 4.69) is 25.6 Å². The lowest BCUT2D eigenvalue weighted by atomic mass is 10.3. The van der Waals surface area contributed by atoms with Gasteiger partial charge in [-0.3, -0.25) is 0 Å². The molecule has 0 amide bonds. The van der Waals surface area contributed by atoms with Crippen LogP contribution in [0.15, 0.2) is 39.8 Å². The number of hydrogen-bond acceptors (Lipinski definition) is 4. The van der Waals surface area contributed by atoms with Gasteiger partial charge in [0.1, 0.15) is 10.7 Å². The standard InChI is InChI=1S/C14H13BrClFN2O3S/c1-2-22-14-9(4-3-5-18-14)8-19-23(20,21)13-11(15)6-10(17)7-12(13)16/h3-7,19H,2,8H2,1H3. The van der Waals surface area contributed by atoms with Crippen LogP contribution >= 0.6 is 27.5 Å². The molecule has 0 atom stereocenters. The summed E-state index contributed by atoms with van der Waals surface area (Å²) in [5.74, 6) is -0.284. The fraction of sp³-hybridized carbons (Fsp3) is 0.214. The average Bonchev–Trinajstić information content (AvgIpc) is 2.45. The van der Waals surface area contributed by atoms with Crippen LogP contribution in [0.3, 0.4) is 0 Å². The third kappa shape index (κ3) is 4.41. The molecule has 0 aliphatic rings. The summed E-state index contributed by atoms with van der Waals surface area (Å²) in [7, 11) is -3.95. The number of nitrogens with zero attached hydrogens (tertiary/aromatic N) is 1. The predicted octanol–water partition coefficient (Wildman–Crippen LogP) is 3.51. The van der Waals surface area contributed by atoms with Crippen molar-refractivity contribution in [3.8, 4) is 5.88 Å². The minimum atomic E-state index is -3.95. The molecule has 23 heavy (non-hydrogen) atoms. The topological polar surface area (TPSA) is 68.3 Å². The van der Waals surface area contributed by atoms with Crippen LogP contribution in [0.2, 0.25) is 5.02 Å². The smallest absolute Gasteiger partial charge is 0.243 e. The van der Waals surface area contributed by atoms with Crippen LogP contribution in [-0.2, 0) is 16.6 Å². The molecule has 2 rings (SSSR count). The van der Waals surface area contributed by atoms with Gasteiger partial charge in [-0.25, -0.2) is 22.5 Å². The zero-order valence-corrected chi connectivity index (χ0v) is 15.2. The summed E-state index contributed by atoms with van der Waals surface area (Å²) in [6, 6.07) is 5.35. The van der Waals surface area contributed by atoms with Crippen LogP contribution in [-0.4, -0.2) is 20.0 Å². The second-order valence-corrected chi connectivity index (χ2v) is 7.39. The first kappa shape index (κ1) is 18.1. The number of rotatable bonds is 6. The highest BCUT2D eigenvalue weighted by molar-refractivity contribution is 9.10. The summed E-state index contributed by atoms with van der Waals surface area (Å²) in [4.78, 5) is 3.83. The fourth-order valence-corrected chi connectivity index (χ4v) is 4.67. The number of hydrogen-bond donors (Lipinski definition) is 1. The number of pyridine rings is 1. The van der Waals surface area contributed by atoms with E-state index in [-0.39, 0.29) is 20.9 Å². The monoisotopic (exact) mass is 422 g/mol. The van der Waals surface area contributed by atoms with Gasteiger partial charge in [-0.2, -0.15) is 0 Å². The van der Waals surface area contributed by atoms with Crippen LogP contribution in [0.4, 0.5) is 4.39 Å². The molecule has 2 aromatic rings. The van der Waals surface area contributed by atoms with Crippen LogP contribution in [0.5, 0.6) is 5.88 Å². The zero-order chi connectivity index (χ0) is 17.0. The molecule has 0 unspecified atom stereocenters. The van der Waals surface area contributed by atoms with Gasteiger partial charge in [0.05, 0.1) is 11.6 Å². The van der Waals surface area contributed by atoms with Crippen LogP contribution in [0, 0.1) is 5.82 Å². The summed E-state index contributed by atoms with van der Waals surface area (Å²) < 4.78 is 45.9. The Bertz CT molecular complexity index is 794. The van der Waals surface area contributed by atoms with E-state index in [1.54, 1.807) is 25.3 Å². The average molecular weight is 424 g/mol. The summed E-state index contributed by atoms with van der Waals surface area (Å²) in [6.45, 7) is 2.18. The lowest BCUT2D eigenvalue weighted by Crippen LogP contribution is -2.24. The van der Waals surface area contributed by atoms with Crippen molar-refractivity contribution in [3.63, 3.8) is 0 Å². The number of halogens is 3. The van der Waals surface area contributed by atoms with Crippen LogP contribution in [0.25, 0.3) is 0 Å². The molecule has 1 aromatic heterocycles. The first-order valence-electron chi connectivity index (χ1n) is 6.56. The molecule has 5 nitrogen and oxygen atoms in total. The Hall–Kier alpha value is -1.22. The highest BCUT2D eigenvalue weighted by atomic mass is 79.9. The highest BCUT2D eigenvalue weighted by Crippen LogP contribution is 2.30. The van der Waals surface area contributed by atoms with E-state index in [1.807, 2.05) is 0 Å². The molecule has 0 fully saturated rings. The van der Waals surface area contributed by atoms with Gasteiger partial charge in [0.2, 0.25) is 15.9 Å². The third-order valence-electron chi connectivity index (χ3n) is 2.82. The minimum absolute atomic E-state index is 0.0361. The van der Waals surface area contributed by atoms with Gasteiger partial charge in [0.25, 0.3) is 0 Å². The molecule has 0 saturated heterocycles. The van der Waals surface area contributed by atoms with Crippen molar-refractivity contribution in [3.05, 3.63) is 51.3 Å². The lowest BCUT2D eigenvalue weighted by molar-refractivity contribution is 0.322. The van der Waals surface area contributed by atoms with Gasteiger partial charge in [0, 0.05) is 22.8 Å². The maximum absolute atomic E-state index is 13.2. The van der Waals surface area contributed by atoms with Crippen molar-refractivity contribution in [2.45, 2.75) is 18.4 Å². The van der Waals surface area contributed by atoms with E-state index in [0.717, 1.165) is 12.1 Å². The SMILES string of the molecule is CCOc1ncccc1CNS(=O)(=O)c1c(Cl)cc(F)cc1Br. The van der Waals surface area contributed by atoms with Crippen molar-refractivity contribution < 1.29 is 17.5 Å².